The lowest BCUT2D eigenvalue weighted by Gasteiger charge is -2.11. The van der Waals surface area contributed by atoms with Crippen LogP contribution in [0.3, 0.4) is 0 Å². The SMILES string of the molecule is Cc1cc(Br)ccc1SCC(=O)Nc1cccc(C(N)=O)c1C. The third-order valence-corrected chi connectivity index (χ3v) is 5.04. The van der Waals surface area contributed by atoms with Crippen LogP contribution in [0, 0.1) is 13.8 Å². The minimum Gasteiger partial charge on any atom is -0.366 e. The molecule has 0 heterocycles. The van der Waals surface area contributed by atoms with E-state index in [2.05, 4.69) is 21.2 Å². The van der Waals surface area contributed by atoms with Crippen LogP contribution < -0.4 is 11.1 Å². The van der Waals surface area contributed by atoms with Crippen molar-refractivity contribution in [2.75, 3.05) is 11.1 Å². The zero-order valence-corrected chi connectivity index (χ0v) is 15.3. The van der Waals surface area contributed by atoms with Gasteiger partial charge in [0, 0.05) is 20.6 Å². The van der Waals surface area contributed by atoms with Gasteiger partial charge >= 0.3 is 0 Å². The molecule has 2 aromatic carbocycles. The maximum atomic E-state index is 12.1. The lowest BCUT2D eigenvalue weighted by atomic mass is 10.1. The van der Waals surface area contributed by atoms with E-state index < -0.39 is 5.91 Å². The highest BCUT2D eigenvalue weighted by Crippen LogP contribution is 2.26. The van der Waals surface area contributed by atoms with Crippen LogP contribution in [-0.2, 0) is 4.79 Å². The minimum atomic E-state index is -0.501. The molecule has 0 saturated heterocycles. The van der Waals surface area contributed by atoms with Gasteiger partial charge in [0.05, 0.1) is 5.75 Å². The smallest absolute Gasteiger partial charge is 0.249 e. The van der Waals surface area contributed by atoms with Gasteiger partial charge < -0.3 is 11.1 Å². The van der Waals surface area contributed by atoms with E-state index in [9.17, 15) is 9.59 Å². The Balaban J connectivity index is 2.03. The molecule has 0 aliphatic heterocycles. The summed E-state index contributed by atoms with van der Waals surface area (Å²) < 4.78 is 1.02. The molecule has 0 unspecified atom stereocenters. The predicted octanol–water partition coefficient (Wildman–Crippen LogP) is 3.90. The van der Waals surface area contributed by atoms with Crippen molar-refractivity contribution in [3.05, 3.63) is 57.6 Å². The van der Waals surface area contributed by atoms with Crippen molar-refractivity contribution in [2.24, 2.45) is 5.73 Å². The number of thioether (sulfide) groups is 1. The van der Waals surface area contributed by atoms with E-state index in [0.29, 0.717) is 22.6 Å². The first kappa shape index (κ1) is 17.6. The number of carbonyl (C=O) groups is 2. The average molecular weight is 393 g/mol. The third-order valence-electron chi connectivity index (χ3n) is 3.37. The van der Waals surface area contributed by atoms with Gasteiger partial charge in [-0.15, -0.1) is 11.8 Å². The number of primary amides is 1. The molecule has 0 aliphatic carbocycles. The van der Waals surface area contributed by atoms with E-state index in [1.54, 1.807) is 25.1 Å². The number of amides is 2. The van der Waals surface area contributed by atoms with Crippen LogP contribution in [0.4, 0.5) is 5.69 Å². The summed E-state index contributed by atoms with van der Waals surface area (Å²) in [7, 11) is 0. The second kappa shape index (κ2) is 7.66. The highest BCUT2D eigenvalue weighted by atomic mass is 79.9. The minimum absolute atomic E-state index is 0.123. The summed E-state index contributed by atoms with van der Waals surface area (Å²) in [6.45, 7) is 3.77. The first-order chi connectivity index (χ1) is 10.9. The van der Waals surface area contributed by atoms with Crippen LogP contribution in [0.5, 0.6) is 0 Å². The molecule has 120 valence electrons. The summed E-state index contributed by atoms with van der Waals surface area (Å²) in [4.78, 5) is 24.5. The fraction of sp³-hybridized carbons (Fsp3) is 0.176. The van der Waals surface area contributed by atoms with Gasteiger partial charge in [-0.2, -0.15) is 0 Å². The Morgan fingerprint density at radius 2 is 1.96 bits per heavy atom. The number of benzene rings is 2. The van der Waals surface area contributed by atoms with E-state index in [1.807, 2.05) is 25.1 Å². The maximum Gasteiger partial charge on any atom is 0.249 e. The van der Waals surface area contributed by atoms with Gasteiger partial charge in [-0.1, -0.05) is 22.0 Å². The van der Waals surface area contributed by atoms with Gasteiger partial charge in [0.25, 0.3) is 0 Å². The zero-order valence-electron chi connectivity index (χ0n) is 12.9. The fourth-order valence-electron chi connectivity index (χ4n) is 2.14. The third kappa shape index (κ3) is 4.59. The second-order valence-electron chi connectivity index (χ2n) is 5.09. The molecule has 2 aromatic rings. The van der Waals surface area contributed by atoms with Crippen molar-refractivity contribution < 1.29 is 9.59 Å². The van der Waals surface area contributed by atoms with Crippen molar-refractivity contribution in [1.29, 1.82) is 0 Å². The molecular formula is C17H17BrN2O2S. The Kier molecular flexibility index (Phi) is 5.85. The molecule has 2 rings (SSSR count). The van der Waals surface area contributed by atoms with Crippen molar-refractivity contribution in [1.82, 2.24) is 0 Å². The highest BCUT2D eigenvalue weighted by Gasteiger charge is 2.11. The van der Waals surface area contributed by atoms with Gasteiger partial charge in [-0.05, 0) is 55.3 Å². The Morgan fingerprint density at radius 1 is 1.22 bits per heavy atom. The Labute approximate surface area is 148 Å². The summed E-state index contributed by atoms with van der Waals surface area (Å²) in [5, 5.41) is 2.83. The molecule has 0 bridgehead atoms. The number of hydrogen-bond acceptors (Lipinski definition) is 3. The number of carbonyl (C=O) groups excluding carboxylic acids is 2. The van der Waals surface area contributed by atoms with Crippen molar-refractivity contribution in [3.63, 3.8) is 0 Å². The van der Waals surface area contributed by atoms with Crippen LogP contribution in [-0.4, -0.2) is 17.6 Å². The molecule has 6 heteroatoms. The molecule has 2 amide bonds. The topological polar surface area (TPSA) is 72.2 Å². The van der Waals surface area contributed by atoms with Crippen LogP contribution >= 0.6 is 27.7 Å². The largest absolute Gasteiger partial charge is 0.366 e. The van der Waals surface area contributed by atoms with E-state index >= 15 is 0 Å². The Hall–Kier alpha value is -1.79. The van der Waals surface area contributed by atoms with E-state index in [0.717, 1.165) is 14.9 Å². The quantitative estimate of drug-likeness (QED) is 0.757. The average Bonchev–Trinajstić information content (AvgIpc) is 2.48. The normalized spacial score (nSPS) is 10.4. The first-order valence-corrected chi connectivity index (χ1v) is 8.74. The van der Waals surface area contributed by atoms with Gasteiger partial charge in [-0.3, -0.25) is 9.59 Å². The number of anilines is 1. The van der Waals surface area contributed by atoms with E-state index in [4.69, 9.17) is 5.73 Å². The number of nitrogens with two attached hydrogens (primary N) is 1. The molecule has 4 nitrogen and oxygen atoms in total. The molecule has 0 atom stereocenters. The number of halogens is 1. The fourth-order valence-corrected chi connectivity index (χ4v) is 3.43. The number of hydrogen-bond donors (Lipinski definition) is 2. The Bertz CT molecular complexity index is 762. The number of nitrogens with one attached hydrogen (secondary N) is 1. The maximum absolute atomic E-state index is 12.1. The van der Waals surface area contributed by atoms with Crippen LogP contribution in [0.25, 0.3) is 0 Å². The van der Waals surface area contributed by atoms with Gasteiger partial charge in [0.2, 0.25) is 11.8 Å². The first-order valence-electron chi connectivity index (χ1n) is 6.96. The molecule has 0 spiro atoms. The summed E-state index contributed by atoms with van der Waals surface area (Å²) in [5.74, 6) is -0.330. The van der Waals surface area contributed by atoms with Crippen molar-refractivity contribution >= 4 is 45.2 Å². The monoisotopic (exact) mass is 392 g/mol. The molecule has 0 radical (unpaired) electrons. The second-order valence-corrected chi connectivity index (χ2v) is 7.02. The summed E-state index contributed by atoms with van der Waals surface area (Å²) in [6.07, 6.45) is 0. The predicted molar refractivity (Wildman–Crippen MR) is 97.9 cm³/mol. The Morgan fingerprint density at radius 3 is 2.61 bits per heavy atom. The lowest BCUT2D eigenvalue weighted by molar-refractivity contribution is -0.113. The van der Waals surface area contributed by atoms with Crippen LogP contribution in [0.2, 0.25) is 0 Å². The molecule has 0 aliphatic rings. The molecular weight excluding hydrogens is 376 g/mol. The summed E-state index contributed by atoms with van der Waals surface area (Å²) in [6, 6.07) is 11.1. The number of aryl methyl sites for hydroxylation is 1. The van der Waals surface area contributed by atoms with Crippen molar-refractivity contribution in [2.45, 2.75) is 18.7 Å². The van der Waals surface area contributed by atoms with Crippen LogP contribution in [0.15, 0.2) is 45.8 Å². The molecule has 0 saturated carbocycles. The summed E-state index contributed by atoms with van der Waals surface area (Å²) in [5.41, 5.74) is 8.14. The summed E-state index contributed by atoms with van der Waals surface area (Å²) >= 11 is 4.90. The zero-order chi connectivity index (χ0) is 17.0. The van der Waals surface area contributed by atoms with Gasteiger partial charge in [0.15, 0.2) is 0 Å². The van der Waals surface area contributed by atoms with E-state index in [-0.39, 0.29) is 5.91 Å². The molecule has 3 N–H and O–H groups in total. The number of rotatable bonds is 5. The highest BCUT2D eigenvalue weighted by molar-refractivity contribution is 9.10. The van der Waals surface area contributed by atoms with Gasteiger partial charge in [0.1, 0.15) is 0 Å². The van der Waals surface area contributed by atoms with Crippen molar-refractivity contribution in [3.8, 4) is 0 Å². The lowest BCUT2D eigenvalue weighted by Crippen LogP contribution is -2.18. The molecule has 23 heavy (non-hydrogen) atoms. The molecule has 0 fully saturated rings. The van der Waals surface area contributed by atoms with Gasteiger partial charge in [-0.25, -0.2) is 0 Å². The standard InChI is InChI=1S/C17H17BrN2O2S/c1-10-8-12(18)6-7-15(10)23-9-16(21)20-14-5-3-4-13(11(14)2)17(19)22/h3-8H,9H2,1-2H3,(H2,19,22)(H,20,21). The van der Waals surface area contributed by atoms with Crippen LogP contribution in [0.1, 0.15) is 21.5 Å². The van der Waals surface area contributed by atoms with E-state index in [1.165, 1.54) is 11.8 Å². The molecule has 0 aromatic heterocycles.